The Morgan fingerprint density at radius 2 is 1.95 bits per heavy atom. The molecule has 1 N–H and O–H groups in total. The van der Waals surface area contributed by atoms with Gasteiger partial charge in [0.05, 0.1) is 5.54 Å². The van der Waals surface area contributed by atoms with Gasteiger partial charge in [0, 0.05) is 30.1 Å². The van der Waals surface area contributed by atoms with E-state index in [0.717, 1.165) is 25.8 Å². The molecule has 1 saturated carbocycles. The van der Waals surface area contributed by atoms with E-state index < -0.39 is 0 Å². The van der Waals surface area contributed by atoms with Crippen LogP contribution >= 0.6 is 0 Å². The normalized spacial score (nSPS) is 20.7. The highest BCUT2D eigenvalue weighted by Gasteiger charge is 2.46. The van der Waals surface area contributed by atoms with Gasteiger partial charge in [-0.05, 0) is 30.9 Å². The minimum absolute atomic E-state index is 0.0727. The van der Waals surface area contributed by atoms with Gasteiger partial charge >= 0.3 is 0 Å². The van der Waals surface area contributed by atoms with Crippen LogP contribution in [0.4, 0.5) is 0 Å². The van der Waals surface area contributed by atoms with E-state index in [2.05, 4.69) is 34.1 Å². The number of nitrogens with one attached hydrogen (secondary N) is 1. The summed E-state index contributed by atoms with van der Waals surface area (Å²) in [6, 6.07) is 8.56. The molecule has 0 unspecified atom stereocenters. The summed E-state index contributed by atoms with van der Waals surface area (Å²) in [5, 5.41) is 1.35. The second-order valence-corrected chi connectivity index (χ2v) is 6.54. The summed E-state index contributed by atoms with van der Waals surface area (Å²) in [7, 11) is 0. The van der Waals surface area contributed by atoms with Crippen LogP contribution in [0.5, 0.6) is 0 Å². The van der Waals surface area contributed by atoms with Crippen LogP contribution in [-0.4, -0.2) is 22.3 Å². The Bertz CT molecular complexity index is 694. The molecule has 1 aromatic heterocycles. The first-order valence-corrected chi connectivity index (χ1v) is 8.11. The predicted molar refractivity (Wildman–Crippen MR) is 84.2 cm³/mol. The van der Waals surface area contributed by atoms with Gasteiger partial charge < -0.3 is 9.88 Å². The van der Waals surface area contributed by atoms with Gasteiger partial charge in [-0.15, -0.1) is 0 Å². The molecule has 2 aromatic rings. The van der Waals surface area contributed by atoms with Crippen molar-refractivity contribution in [2.24, 2.45) is 0 Å². The maximum atomic E-state index is 12.2. The fourth-order valence-electron chi connectivity index (χ4n) is 4.54. The van der Waals surface area contributed by atoms with Crippen molar-refractivity contribution >= 4 is 16.8 Å². The molecule has 0 saturated heterocycles. The van der Waals surface area contributed by atoms with Crippen LogP contribution in [0.3, 0.4) is 0 Å². The van der Waals surface area contributed by atoms with Crippen molar-refractivity contribution in [1.29, 1.82) is 0 Å². The van der Waals surface area contributed by atoms with Crippen LogP contribution in [0, 0.1) is 0 Å². The first-order valence-electron chi connectivity index (χ1n) is 8.11. The number of hydrogen-bond donors (Lipinski definition) is 1. The maximum Gasteiger partial charge on any atom is 0.220 e. The second-order valence-electron chi connectivity index (χ2n) is 6.54. The topological polar surface area (TPSA) is 36.1 Å². The Morgan fingerprint density at radius 1 is 1.19 bits per heavy atom. The van der Waals surface area contributed by atoms with E-state index in [0.29, 0.717) is 0 Å². The van der Waals surface area contributed by atoms with E-state index in [9.17, 15) is 4.79 Å². The summed E-state index contributed by atoms with van der Waals surface area (Å²) >= 11 is 0. The van der Waals surface area contributed by atoms with Crippen LogP contribution in [0.25, 0.3) is 10.9 Å². The number of para-hydroxylation sites is 1. The molecule has 3 heteroatoms. The first kappa shape index (κ1) is 12.9. The van der Waals surface area contributed by atoms with Gasteiger partial charge in [-0.3, -0.25) is 4.79 Å². The number of carbonyl (C=O) groups is 1. The molecule has 1 spiro atoms. The lowest BCUT2D eigenvalue weighted by Gasteiger charge is -2.49. The highest BCUT2D eigenvalue weighted by atomic mass is 16.2. The van der Waals surface area contributed by atoms with E-state index in [1.54, 1.807) is 6.92 Å². The largest absolute Gasteiger partial charge is 0.356 e. The number of benzene rings is 1. The fourth-order valence-corrected chi connectivity index (χ4v) is 4.54. The molecule has 1 aliphatic heterocycles. The molecule has 4 rings (SSSR count). The van der Waals surface area contributed by atoms with Crippen molar-refractivity contribution in [2.45, 2.75) is 51.0 Å². The van der Waals surface area contributed by atoms with Crippen molar-refractivity contribution in [1.82, 2.24) is 9.88 Å². The van der Waals surface area contributed by atoms with Crippen molar-refractivity contribution in [2.75, 3.05) is 6.54 Å². The zero-order valence-electron chi connectivity index (χ0n) is 12.6. The first-order chi connectivity index (χ1) is 10.2. The molecule has 1 aromatic carbocycles. The highest BCUT2D eigenvalue weighted by Crippen LogP contribution is 2.47. The summed E-state index contributed by atoms with van der Waals surface area (Å²) < 4.78 is 0. The highest BCUT2D eigenvalue weighted by molar-refractivity contribution is 5.86. The van der Waals surface area contributed by atoms with Gasteiger partial charge in [-0.1, -0.05) is 37.5 Å². The molecule has 0 bridgehead atoms. The average molecular weight is 282 g/mol. The molecule has 0 atom stereocenters. The standard InChI is InChI=1S/C18H22N2O/c1-13(21)20-12-9-15-14-7-3-4-8-16(14)19-17(15)18(20)10-5-2-6-11-18/h3-4,7-8,19H,2,5-6,9-12H2,1H3. The summed E-state index contributed by atoms with van der Waals surface area (Å²) in [6.07, 6.45) is 6.92. The maximum absolute atomic E-state index is 12.2. The van der Waals surface area contributed by atoms with Gasteiger partial charge in [0.1, 0.15) is 0 Å². The Balaban J connectivity index is 1.94. The number of amides is 1. The lowest BCUT2D eigenvalue weighted by molar-refractivity contribution is -0.138. The number of hydrogen-bond acceptors (Lipinski definition) is 1. The third-order valence-electron chi connectivity index (χ3n) is 5.44. The van der Waals surface area contributed by atoms with Crippen LogP contribution in [0.15, 0.2) is 24.3 Å². The molecular weight excluding hydrogens is 260 g/mol. The van der Waals surface area contributed by atoms with E-state index >= 15 is 0 Å². The number of aromatic amines is 1. The molecule has 1 fully saturated rings. The molecular formula is C18H22N2O. The van der Waals surface area contributed by atoms with E-state index in [4.69, 9.17) is 0 Å². The molecule has 1 amide bonds. The summed E-state index contributed by atoms with van der Waals surface area (Å²) in [6.45, 7) is 2.59. The van der Waals surface area contributed by atoms with Crippen molar-refractivity contribution in [3.8, 4) is 0 Å². The van der Waals surface area contributed by atoms with Crippen LogP contribution < -0.4 is 0 Å². The Labute approximate surface area is 125 Å². The number of aromatic nitrogens is 1. The average Bonchev–Trinajstić information content (AvgIpc) is 2.88. The molecule has 110 valence electrons. The van der Waals surface area contributed by atoms with Gasteiger partial charge in [0.15, 0.2) is 0 Å². The molecule has 21 heavy (non-hydrogen) atoms. The van der Waals surface area contributed by atoms with Gasteiger partial charge in [0.2, 0.25) is 5.91 Å². The number of fused-ring (bicyclic) bond motifs is 4. The third kappa shape index (κ3) is 1.76. The van der Waals surface area contributed by atoms with Gasteiger partial charge in [0.25, 0.3) is 0 Å². The smallest absolute Gasteiger partial charge is 0.220 e. The Morgan fingerprint density at radius 3 is 2.71 bits per heavy atom. The van der Waals surface area contributed by atoms with Gasteiger partial charge in [-0.25, -0.2) is 0 Å². The summed E-state index contributed by atoms with van der Waals surface area (Å²) in [5.41, 5.74) is 3.92. The van der Waals surface area contributed by atoms with Gasteiger partial charge in [-0.2, -0.15) is 0 Å². The zero-order valence-corrected chi connectivity index (χ0v) is 12.6. The number of carbonyl (C=O) groups excluding carboxylic acids is 1. The van der Waals surface area contributed by atoms with Crippen molar-refractivity contribution in [3.63, 3.8) is 0 Å². The van der Waals surface area contributed by atoms with Crippen molar-refractivity contribution < 1.29 is 4.79 Å². The number of nitrogens with zero attached hydrogens (tertiary/aromatic N) is 1. The quantitative estimate of drug-likeness (QED) is 0.785. The second kappa shape index (κ2) is 4.62. The molecule has 2 heterocycles. The number of rotatable bonds is 0. The fraction of sp³-hybridized carbons (Fsp3) is 0.500. The van der Waals surface area contributed by atoms with Crippen LogP contribution in [-0.2, 0) is 16.8 Å². The van der Waals surface area contributed by atoms with Crippen LogP contribution in [0.2, 0.25) is 0 Å². The van der Waals surface area contributed by atoms with E-state index in [1.807, 2.05) is 0 Å². The lowest BCUT2D eigenvalue weighted by Crippen LogP contribution is -2.53. The monoisotopic (exact) mass is 282 g/mol. The van der Waals surface area contributed by atoms with E-state index in [1.165, 1.54) is 41.4 Å². The SMILES string of the molecule is CC(=O)N1CCc2c([nH]c3ccccc23)C12CCCCC2. The molecule has 3 nitrogen and oxygen atoms in total. The van der Waals surface area contributed by atoms with E-state index in [-0.39, 0.29) is 11.4 Å². The summed E-state index contributed by atoms with van der Waals surface area (Å²) in [4.78, 5) is 18.0. The lowest BCUT2D eigenvalue weighted by atomic mass is 9.74. The van der Waals surface area contributed by atoms with Crippen molar-refractivity contribution in [3.05, 3.63) is 35.5 Å². The minimum atomic E-state index is -0.0727. The molecule has 2 aliphatic rings. The third-order valence-corrected chi connectivity index (χ3v) is 5.44. The minimum Gasteiger partial charge on any atom is -0.356 e. The van der Waals surface area contributed by atoms with Crippen LogP contribution in [0.1, 0.15) is 50.3 Å². The number of H-pyrrole nitrogens is 1. The Hall–Kier alpha value is -1.77. The molecule has 1 aliphatic carbocycles. The summed E-state index contributed by atoms with van der Waals surface area (Å²) in [5.74, 6) is 0.223. The predicted octanol–water partition coefficient (Wildman–Crippen LogP) is 3.73. The molecule has 0 radical (unpaired) electrons. The zero-order chi connectivity index (χ0) is 14.4. The Kier molecular flexibility index (Phi) is 2.84.